The molecule has 96 valence electrons. The molecule has 4 heteroatoms. The minimum Gasteiger partial charge on any atom is -0.308 e. The van der Waals surface area contributed by atoms with E-state index in [4.69, 9.17) is 0 Å². The molecule has 0 radical (unpaired) electrons. The van der Waals surface area contributed by atoms with Crippen LogP contribution in [0.25, 0.3) is 5.69 Å². The van der Waals surface area contributed by atoms with Gasteiger partial charge >= 0.3 is 0 Å². The molecule has 0 spiro atoms. The largest absolute Gasteiger partial charge is 0.308 e. The van der Waals surface area contributed by atoms with Crippen LogP contribution in [0, 0.1) is 6.92 Å². The van der Waals surface area contributed by atoms with E-state index in [2.05, 4.69) is 61.3 Å². The molecule has 2 aromatic rings. The summed E-state index contributed by atoms with van der Waals surface area (Å²) in [5.74, 6) is 0. The fraction of sp³-hybridized carbons (Fsp3) is 0.429. The predicted octanol–water partition coefficient (Wildman–Crippen LogP) is 2.46. The fourth-order valence-corrected chi connectivity index (χ4v) is 1.78. The Labute approximate surface area is 108 Å². The molecule has 0 unspecified atom stereocenters. The molecule has 0 saturated heterocycles. The van der Waals surface area contributed by atoms with E-state index in [0.717, 1.165) is 12.2 Å². The molecule has 0 saturated carbocycles. The Morgan fingerprint density at radius 3 is 2.61 bits per heavy atom. The standard InChI is InChI=1S/C14H20N4/c1-11-7-12(8-16-14(2,3)4)5-6-13(11)18-10-15-9-17-18/h5-7,9-10,16H,8H2,1-4H3. The number of aromatic nitrogens is 3. The number of nitrogens with one attached hydrogen (secondary N) is 1. The Morgan fingerprint density at radius 1 is 1.28 bits per heavy atom. The van der Waals surface area contributed by atoms with Gasteiger partial charge in [0.1, 0.15) is 12.7 Å². The first-order valence-corrected chi connectivity index (χ1v) is 6.15. The topological polar surface area (TPSA) is 42.7 Å². The molecule has 0 amide bonds. The molecule has 18 heavy (non-hydrogen) atoms. The number of aryl methyl sites for hydroxylation is 1. The second-order valence-corrected chi connectivity index (χ2v) is 5.56. The first-order valence-electron chi connectivity index (χ1n) is 6.15. The fourth-order valence-electron chi connectivity index (χ4n) is 1.78. The first-order chi connectivity index (χ1) is 8.46. The van der Waals surface area contributed by atoms with E-state index in [0.29, 0.717) is 0 Å². The molecule has 2 rings (SSSR count). The van der Waals surface area contributed by atoms with E-state index >= 15 is 0 Å². The molecule has 1 heterocycles. The molecular weight excluding hydrogens is 224 g/mol. The summed E-state index contributed by atoms with van der Waals surface area (Å²) in [4.78, 5) is 3.97. The van der Waals surface area contributed by atoms with Crippen LogP contribution < -0.4 is 5.32 Å². The van der Waals surface area contributed by atoms with Gasteiger partial charge in [-0.05, 0) is 44.9 Å². The van der Waals surface area contributed by atoms with Gasteiger partial charge in [-0.25, -0.2) is 9.67 Å². The number of hydrogen-bond donors (Lipinski definition) is 1. The third kappa shape index (κ3) is 3.17. The van der Waals surface area contributed by atoms with Gasteiger partial charge in [0.15, 0.2) is 0 Å². The van der Waals surface area contributed by atoms with Gasteiger partial charge in [-0.15, -0.1) is 0 Å². The summed E-state index contributed by atoms with van der Waals surface area (Å²) in [6, 6.07) is 6.40. The number of benzene rings is 1. The van der Waals surface area contributed by atoms with Crippen LogP contribution in [0.4, 0.5) is 0 Å². The maximum atomic E-state index is 4.15. The Balaban J connectivity index is 2.15. The lowest BCUT2D eigenvalue weighted by atomic mass is 10.1. The minimum atomic E-state index is 0.137. The van der Waals surface area contributed by atoms with Gasteiger partial charge in [-0.1, -0.05) is 12.1 Å². The molecule has 0 aliphatic carbocycles. The molecule has 1 N–H and O–H groups in total. The van der Waals surface area contributed by atoms with Gasteiger partial charge in [0.05, 0.1) is 5.69 Å². The highest BCUT2D eigenvalue weighted by Gasteiger charge is 2.09. The van der Waals surface area contributed by atoms with Gasteiger partial charge in [0, 0.05) is 12.1 Å². The average molecular weight is 244 g/mol. The summed E-state index contributed by atoms with van der Waals surface area (Å²) in [5, 5.41) is 7.64. The lowest BCUT2D eigenvalue weighted by molar-refractivity contribution is 0.424. The minimum absolute atomic E-state index is 0.137. The highest BCUT2D eigenvalue weighted by Crippen LogP contribution is 2.15. The van der Waals surface area contributed by atoms with E-state index in [1.807, 2.05) is 0 Å². The van der Waals surface area contributed by atoms with E-state index in [-0.39, 0.29) is 5.54 Å². The van der Waals surface area contributed by atoms with Crippen LogP contribution >= 0.6 is 0 Å². The number of hydrogen-bond acceptors (Lipinski definition) is 3. The maximum Gasteiger partial charge on any atom is 0.138 e. The summed E-state index contributed by atoms with van der Waals surface area (Å²) < 4.78 is 1.79. The Kier molecular flexibility index (Phi) is 3.48. The van der Waals surface area contributed by atoms with Crippen molar-refractivity contribution >= 4 is 0 Å². The van der Waals surface area contributed by atoms with Crippen molar-refractivity contribution in [1.29, 1.82) is 0 Å². The highest BCUT2D eigenvalue weighted by molar-refractivity contribution is 5.41. The van der Waals surface area contributed by atoms with Crippen molar-refractivity contribution in [3.05, 3.63) is 42.0 Å². The van der Waals surface area contributed by atoms with Crippen molar-refractivity contribution in [2.24, 2.45) is 0 Å². The summed E-state index contributed by atoms with van der Waals surface area (Å²) in [7, 11) is 0. The van der Waals surface area contributed by atoms with Gasteiger partial charge in [0.25, 0.3) is 0 Å². The van der Waals surface area contributed by atoms with Crippen molar-refractivity contribution in [3.63, 3.8) is 0 Å². The second-order valence-electron chi connectivity index (χ2n) is 5.56. The Bertz CT molecular complexity index is 509. The molecule has 0 atom stereocenters. The molecular formula is C14H20N4. The van der Waals surface area contributed by atoms with Gasteiger partial charge in [0.2, 0.25) is 0 Å². The predicted molar refractivity (Wildman–Crippen MR) is 72.7 cm³/mol. The molecule has 0 aliphatic rings. The van der Waals surface area contributed by atoms with Crippen LogP contribution in [0.2, 0.25) is 0 Å². The zero-order valence-electron chi connectivity index (χ0n) is 11.4. The quantitative estimate of drug-likeness (QED) is 0.902. The lowest BCUT2D eigenvalue weighted by Gasteiger charge is -2.21. The summed E-state index contributed by atoms with van der Waals surface area (Å²) >= 11 is 0. The van der Waals surface area contributed by atoms with E-state index in [9.17, 15) is 0 Å². The van der Waals surface area contributed by atoms with Crippen LogP contribution in [0.1, 0.15) is 31.9 Å². The van der Waals surface area contributed by atoms with Gasteiger partial charge in [-0.2, -0.15) is 5.10 Å². The third-order valence-corrected chi connectivity index (χ3v) is 2.75. The number of nitrogens with zero attached hydrogens (tertiary/aromatic N) is 3. The number of rotatable bonds is 3. The normalized spacial score (nSPS) is 11.8. The summed E-state index contributed by atoms with van der Waals surface area (Å²) in [5.41, 5.74) is 3.70. The lowest BCUT2D eigenvalue weighted by Crippen LogP contribution is -2.35. The van der Waals surface area contributed by atoms with Crippen LogP contribution in [0.15, 0.2) is 30.9 Å². The third-order valence-electron chi connectivity index (χ3n) is 2.75. The monoisotopic (exact) mass is 244 g/mol. The molecule has 4 nitrogen and oxygen atoms in total. The van der Waals surface area contributed by atoms with Crippen LogP contribution in [-0.2, 0) is 6.54 Å². The Hall–Kier alpha value is -1.68. The van der Waals surface area contributed by atoms with E-state index in [1.54, 1.807) is 17.3 Å². The first kappa shape index (κ1) is 12.8. The van der Waals surface area contributed by atoms with Crippen molar-refractivity contribution < 1.29 is 0 Å². The SMILES string of the molecule is Cc1cc(CNC(C)(C)C)ccc1-n1cncn1. The van der Waals surface area contributed by atoms with E-state index in [1.165, 1.54) is 11.1 Å². The van der Waals surface area contributed by atoms with Crippen LogP contribution in [-0.4, -0.2) is 20.3 Å². The molecule has 1 aromatic heterocycles. The average Bonchev–Trinajstić information content (AvgIpc) is 2.79. The smallest absolute Gasteiger partial charge is 0.138 e. The maximum absolute atomic E-state index is 4.15. The highest BCUT2D eigenvalue weighted by atomic mass is 15.3. The van der Waals surface area contributed by atoms with E-state index < -0.39 is 0 Å². The van der Waals surface area contributed by atoms with Crippen molar-refractivity contribution in [2.45, 2.75) is 39.8 Å². The van der Waals surface area contributed by atoms with Crippen LogP contribution in [0.3, 0.4) is 0 Å². The van der Waals surface area contributed by atoms with Gasteiger partial charge in [-0.3, -0.25) is 0 Å². The molecule has 0 fully saturated rings. The second kappa shape index (κ2) is 4.90. The zero-order chi connectivity index (χ0) is 13.2. The molecule has 1 aromatic carbocycles. The Morgan fingerprint density at radius 2 is 2.06 bits per heavy atom. The van der Waals surface area contributed by atoms with Crippen molar-refractivity contribution in [1.82, 2.24) is 20.1 Å². The molecule has 0 bridgehead atoms. The van der Waals surface area contributed by atoms with Gasteiger partial charge < -0.3 is 5.32 Å². The van der Waals surface area contributed by atoms with Crippen LogP contribution in [0.5, 0.6) is 0 Å². The zero-order valence-corrected chi connectivity index (χ0v) is 11.4. The molecule has 0 aliphatic heterocycles. The van der Waals surface area contributed by atoms with Crippen molar-refractivity contribution in [2.75, 3.05) is 0 Å². The summed E-state index contributed by atoms with van der Waals surface area (Å²) in [6.45, 7) is 9.48. The van der Waals surface area contributed by atoms with Crippen molar-refractivity contribution in [3.8, 4) is 5.69 Å². The summed E-state index contributed by atoms with van der Waals surface area (Å²) in [6.07, 6.45) is 3.27.